The molecule has 0 aromatic heterocycles. The first-order chi connectivity index (χ1) is 10.6. The summed E-state index contributed by atoms with van der Waals surface area (Å²) in [7, 11) is 0. The van der Waals surface area contributed by atoms with Gasteiger partial charge < -0.3 is 10.2 Å². The molecule has 0 bridgehead atoms. The molecule has 22 heavy (non-hydrogen) atoms. The Kier molecular flexibility index (Phi) is 3.55. The van der Waals surface area contributed by atoms with E-state index in [9.17, 15) is 10.2 Å². The predicted octanol–water partition coefficient (Wildman–Crippen LogP) is 4.62. The Morgan fingerprint density at radius 1 is 0.955 bits per heavy atom. The summed E-state index contributed by atoms with van der Waals surface area (Å²) in [4.78, 5) is 4.37. The maximum atomic E-state index is 10.1. The molecule has 0 radical (unpaired) electrons. The second kappa shape index (κ2) is 5.53. The maximum absolute atomic E-state index is 10.1. The summed E-state index contributed by atoms with van der Waals surface area (Å²) in [6.07, 6.45) is 1.60. The lowest BCUT2D eigenvalue weighted by molar-refractivity contribution is 0.472. The molecule has 0 aliphatic carbocycles. The van der Waals surface area contributed by atoms with Crippen molar-refractivity contribution < 1.29 is 10.2 Å². The predicted molar refractivity (Wildman–Crippen MR) is 90.4 cm³/mol. The van der Waals surface area contributed by atoms with Gasteiger partial charge in [-0.05, 0) is 47.9 Å². The van der Waals surface area contributed by atoms with Crippen molar-refractivity contribution in [2.24, 2.45) is 4.99 Å². The fourth-order valence-electron chi connectivity index (χ4n) is 2.59. The van der Waals surface area contributed by atoms with Crippen LogP contribution >= 0.6 is 0 Å². The minimum absolute atomic E-state index is 0.168. The molecule has 0 fully saturated rings. The Labute approximate surface area is 129 Å². The first-order valence-electron chi connectivity index (χ1n) is 7.11. The zero-order chi connectivity index (χ0) is 15.7. The number of nitrogens with zero attached hydrogens (tertiary/aromatic N) is 1. The van der Waals surface area contributed by atoms with Gasteiger partial charge in [0.15, 0.2) is 0 Å². The van der Waals surface area contributed by atoms with E-state index >= 15 is 0 Å². The van der Waals surface area contributed by atoms with Gasteiger partial charge in [-0.3, -0.25) is 4.99 Å². The zero-order valence-corrected chi connectivity index (χ0v) is 12.5. The Hall–Kier alpha value is -2.81. The van der Waals surface area contributed by atoms with Gasteiger partial charge in [0.25, 0.3) is 0 Å². The van der Waals surface area contributed by atoms with E-state index < -0.39 is 0 Å². The normalized spacial score (nSPS) is 11.4. The third kappa shape index (κ3) is 2.53. The van der Waals surface area contributed by atoms with Gasteiger partial charge >= 0.3 is 0 Å². The zero-order valence-electron chi connectivity index (χ0n) is 12.5. The van der Waals surface area contributed by atoms with Gasteiger partial charge in [-0.1, -0.05) is 36.4 Å². The highest BCUT2D eigenvalue weighted by molar-refractivity contribution is 6.03. The lowest BCUT2D eigenvalue weighted by Gasteiger charge is -2.06. The third-order valence-electron chi connectivity index (χ3n) is 3.71. The van der Waals surface area contributed by atoms with E-state index in [4.69, 9.17) is 0 Å². The molecule has 3 aromatic carbocycles. The topological polar surface area (TPSA) is 52.8 Å². The first-order valence-corrected chi connectivity index (χ1v) is 7.11. The smallest absolute Gasteiger partial charge is 0.144 e. The van der Waals surface area contributed by atoms with Crippen LogP contribution in [-0.4, -0.2) is 16.4 Å². The van der Waals surface area contributed by atoms with Gasteiger partial charge in [-0.2, -0.15) is 0 Å². The van der Waals surface area contributed by atoms with Crippen LogP contribution in [0.15, 0.2) is 53.5 Å². The molecule has 0 atom stereocenters. The number of benzene rings is 3. The largest absolute Gasteiger partial charge is 0.507 e. The molecule has 2 N–H and O–H groups in total. The van der Waals surface area contributed by atoms with Gasteiger partial charge in [-0.25, -0.2) is 0 Å². The number of aromatic hydroxyl groups is 2. The first kappa shape index (κ1) is 14.1. The highest BCUT2D eigenvalue weighted by atomic mass is 16.3. The molecule has 3 rings (SSSR count). The van der Waals surface area contributed by atoms with Gasteiger partial charge in [0.2, 0.25) is 0 Å². The molecule has 0 aliphatic heterocycles. The highest BCUT2D eigenvalue weighted by Gasteiger charge is 2.07. The number of hydrogen-bond acceptors (Lipinski definition) is 3. The third-order valence-corrected chi connectivity index (χ3v) is 3.71. The molecule has 0 heterocycles. The van der Waals surface area contributed by atoms with Gasteiger partial charge in [0.05, 0.1) is 0 Å². The second-order valence-electron chi connectivity index (χ2n) is 5.43. The van der Waals surface area contributed by atoms with Crippen molar-refractivity contribution in [2.45, 2.75) is 13.8 Å². The Bertz CT molecular complexity index is 882. The summed E-state index contributed by atoms with van der Waals surface area (Å²) in [5.74, 6) is 0.341. The molecule has 3 aromatic rings. The molecule has 0 spiro atoms. The average Bonchev–Trinajstić information content (AvgIpc) is 2.50. The fraction of sp³-hybridized carbons (Fsp3) is 0.105. The summed E-state index contributed by atoms with van der Waals surface area (Å²) < 4.78 is 0. The van der Waals surface area contributed by atoms with Crippen molar-refractivity contribution in [2.75, 3.05) is 0 Å². The van der Waals surface area contributed by atoms with Crippen LogP contribution in [0.25, 0.3) is 10.8 Å². The molecule has 3 nitrogen and oxygen atoms in total. The maximum Gasteiger partial charge on any atom is 0.144 e. The standard InChI is InChI=1S/C19H17NO2/c1-12-9-13(2)19(22)17(10-12)20-11-16-15-6-4-3-5-14(15)7-8-18(16)21/h3-11,21-22H,1-2H3/b20-11+. The number of fused-ring (bicyclic) bond motifs is 1. The molecular weight excluding hydrogens is 274 g/mol. The van der Waals surface area contributed by atoms with Crippen LogP contribution in [0.3, 0.4) is 0 Å². The second-order valence-corrected chi connectivity index (χ2v) is 5.43. The van der Waals surface area contributed by atoms with E-state index in [-0.39, 0.29) is 11.5 Å². The Morgan fingerprint density at radius 3 is 2.55 bits per heavy atom. The summed E-state index contributed by atoms with van der Waals surface area (Å²) in [6, 6.07) is 15.1. The van der Waals surface area contributed by atoms with Crippen molar-refractivity contribution in [3.63, 3.8) is 0 Å². The lowest BCUT2D eigenvalue weighted by Crippen LogP contribution is -1.86. The molecule has 0 saturated heterocycles. The van der Waals surface area contributed by atoms with Gasteiger partial charge in [0.1, 0.15) is 17.2 Å². The molecule has 3 heteroatoms. The van der Waals surface area contributed by atoms with Crippen LogP contribution in [0.4, 0.5) is 5.69 Å². The summed E-state index contributed by atoms with van der Waals surface area (Å²) in [6.45, 7) is 3.80. The number of rotatable bonds is 2. The molecule has 0 saturated carbocycles. The van der Waals surface area contributed by atoms with E-state index in [1.54, 1.807) is 12.3 Å². The minimum atomic E-state index is 0.168. The van der Waals surface area contributed by atoms with Crippen molar-refractivity contribution in [1.82, 2.24) is 0 Å². The molecule has 0 amide bonds. The van der Waals surface area contributed by atoms with Gasteiger partial charge in [-0.15, -0.1) is 0 Å². The average molecular weight is 291 g/mol. The number of phenols is 2. The van der Waals surface area contributed by atoms with Crippen LogP contribution in [0, 0.1) is 13.8 Å². The molecule has 110 valence electrons. The fourth-order valence-corrected chi connectivity index (χ4v) is 2.59. The SMILES string of the molecule is Cc1cc(C)c(O)c(/N=C/c2c(O)ccc3ccccc23)c1. The van der Waals surface area contributed by atoms with Crippen LogP contribution < -0.4 is 0 Å². The van der Waals surface area contributed by atoms with Crippen molar-refractivity contribution >= 4 is 22.7 Å². The number of aliphatic imine (C=N–C) groups is 1. The Balaban J connectivity index is 2.12. The number of phenolic OH excluding ortho intramolecular Hbond substituents is 2. The molecule has 0 unspecified atom stereocenters. The van der Waals surface area contributed by atoms with E-state index in [2.05, 4.69) is 4.99 Å². The van der Waals surface area contributed by atoms with Gasteiger partial charge in [0, 0.05) is 11.8 Å². The van der Waals surface area contributed by atoms with Crippen LogP contribution in [-0.2, 0) is 0 Å². The van der Waals surface area contributed by atoms with Crippen molar-refractivity contribution in [1.29, 1.82) is 0 Å². The Morgan fingerprint density at radius 2 is 1.73 bits per heavy atom. The summed E-state index contributed by atoms with van der Waals surface area (Å²) in [5.41, 5.74) is 2.97. The van der Waals surface area contributed by atoms with Crippen LogP contribution in [0.5, 0.6) is 11.5 Å². The van der Waals surface area contributed by atoms with Crippen LogP contribution in [0.2, 0.25) is 0 Å². The van der Waals surface area contributed by atoms with E-state index in [0.29, 0.717) is 11.3 Å². The lowest BCUT2D eigenvalue weighted by atomic mass is 10.0. The monoisotopic (exact) mass is 291 g/mol. The molecular formula is C19H17NO2. The van der Waals surface area contributed by atoms with E-state index in [1.807, 2.05) is 56.3 Å². The van der Waals surface area contributed by atoms with Crippen molar-refractivity contribution in [3.8, 4) is 11.5 Å². The summed E-state index contributed by atoms with van der Waals surface area (Å²) >= 11 is 0. The quantitative estimate of drug-likeness (QED) is 0.677. The van der Waals surface area contributed by atoms with E-state index in [1.165, 1.54) is 0 Å². The highest BCUT2D eigenvalue weighted by Crippen LogP contribution is 2.32. The van der Waals surface area contributed by atoms with E-state index in [0.717, 1.165) is 21.9 Å². The minimum Gasteiger partial charge on any atom is -0.507 e. The number of aryl methyl sites for hydroxylation is 2. The van der Waals surface area contributed by atoms with Crippen LogP contribution in [0.1, 0.15) is 16.7 Å². The van der Waals surface area contributed by atoms with Crippen molar-refractivity contribution in [3.05, 3.63) is 65.2 Å². The number of hydrogen-bond donors (Lipinski definition) is 2. The summed E-state index contributed by atoms with van der Waals surface area (Å²) in [5, 5.41) is 22.2. The molecule has 0 aliphatic rings.